The van der Waals surface area contributed by atoms with Crippen LogP contribution in [0, 0.1) is 0 Å². The molecule has 0 aliphatic carbocycles. The number of rotatable bonds is 11. The molecule has 0 saturated heterocycles. The van der Waals surface area contributed by atoms with Gasteiger partial charge in [0.15, 0.2) is 0 Å². The number of halogens is 12. The lowest BCUT2D eigenvalue weighted by atomic mass is 9.84. The summed E-state index contributed by atoms with van der Waals surface area (Å²) in [4.78, 5) is 0. The van der Waals surface area contributed by atoms with E-state index in [1.807, 2.05) is 0 Å². The normalized spacial score (nSPS) is 14.3. The van der Waals surface area contributed by atoms with E-state index < -0.39 is 58.5 Å². The first-order valence-electron chi connectivity index (χ1n) is 12.9. The van der Waals surface area contributed by atoms with Crippen LogP contribution in [0.25, 0.3) is 0 Å². The SMILES string of the molecule is CCc1cc(C(F)(F)C(F)(F)C(F)(F)C(F)(F)C(F)(F)C(F)(F)c2cc(CC)c(N)c(C(C)C)c2)cc(C(C)C)c1N. The smallest absolute Gasteiger partial charge is 0.385 e. The van der Waals surface area contributed by atoms with Crippen molar-refractivity contribution >= 4 is 11.4 Å². The van der Waals surface area contributed by atoms with Crippen LogP contribution in [0.5, 0.6) is 0 Å². The van der Waals surface area contributed by atoms with Gasteiger partial charge in [0.05, 0.1) is 0 Å². The zero-order valence-corrected chi connectivity index (χ0v) is 23.6. The molecule has 0 atom stereocenters. The Balaban J connectivity index is 2.78. The van der Waals surface area contributed by atoms with Gasteiger partial charge in [0, 0.05) is 22.5 Å². The quantitative estimate of drug-likeness (QED) is 0.193. The Kier molecular flexibility index (Phi) is 9.30. The Morgan fingerprint density at radius 2 is 0.762 bits per heavy atom. The molecule has 0 radical (unpaired) electrons. The zero-order chi connectivity index (χ0) is 33.0. The number of anilines is 2. The Bertz CT molecular complexity index is 1200. The Hall–Kier alpha value is -2.80. The van der Waals surface area contributed by atoms with Crippen LogP contribution in [-0.4, -0.2) is 23.7 Å². The van der Waals surface area contributed by atoms with E-state index in [-0.39, 0.29) is 70.7 Å². The molecule has 0 aliphatic heterocycles. The number of benzene rings is 2. The lowest BCUT2D eigenvalue weighted by molar-refractivity contribution is -0.429. The summed E-state index contributed by atoms with van der Waals surface area (Å²) in [5.74, 6) is -44.0. The average Bonchev–Trinajstić information content (AvgIpc) is 2.87. The van der Waals surface area contributed by atoms with Gasteiger partial charge in [0.25, 0.3) is 0 Å². The van der Waals surface area contributed by atoms with Crippen molar-refractivity contribution in [2.45, 2.75) is 102 Å². The minimum atomic E-state index is -7.70. The van der Waals surface area contributed by atoms with E-state index in [1.54, 1.807) is 0 Å². The Morgan fingerprint density at radius 3 is 0.976 bits per heavy atom. The number of aryl methyl sites for hydroxylation is 2. The highest BCUT2D eigenvalue weighted by Gasteiger charge is 2.90. The van der Waals surface area contributed by atoms with Crippen LogP contribution in [0.4, 0.5) is 64.1 Å². The van der Waals surface area contributed by atoms with E-state index in [9.17, 15) is 35.1 Å². The third kappa shape index (κ3) is 5.06. The summed E-state index contributed by atoms with van der Waals surface area (Å²) >= 11 is 0. The topological polar surface area (TPSA) is 52.0 Å². The first-order valence-corrected chi connectivity index (χ1v) is 12.9. The van der Waals surface area contributed by atoms with Crippen molar-refractivity contribution in [3.05, 3.63) is 57.6 Å². The number of alkyl halides is 12. The predicted octanol–water partition coefficient (Wildman–Crippen LogP) is 9.65. The van der Waals surface area contributed by atoms with E-state index in [2.05, 4.69) is 0 Å². The maximum Gasteiger partial charge on any atom is 0.385 e. The van der Waals surface area contributed by atoms with Gasteiger partial charge in [-0.25, -0.2) is 0 Å². The molecule has 0 aromatic heterocycles. The van der Waals surface area contributed by atoms with Crippen LogP contribution in [0.3, 0.4) is 0 Å². The Labute approximate surface area is 235 Å². The van der Waals surface area contributed by atoms with Crippen LogP contribution in [-0.2, 0) is 24.7 Å². The van der Waals surface area contributed by atoms with Crippen LogP contribution in [0.2, 0.25) is 0 Å². The van der Waals surface area contributed by atoms with Gasteiger partial charge in [-0.05, 0) is 71.2 Å². The van der Waals surface area contributed by atoms with Crippen molar-refractivity contribution in [1.82, 2.24) is 0 Å². The molecule has 2 aromatic carbocycles. The van der Waals surface area contributed by atoms with Crippen LogP contribution < -0.4 is 11.5 Å². The summed E-state index contributed by atoms with van der Waals surface area (Å²) in [6.45, 7) is 8.19. The molecule has 0 aliphatic rings. The maximum atomic E-state index is 15.1. The van der Waals surface area contributed by atoms with E-state index >= 15 is 17.6 Å². The fraction of sp³-hybridized carbons (Fsp3) is 0.571. The van der Waals surface area contributed by atoms with Crippen LogP contribution >= 0.6 is 0 Å². The third-order valence-electron chi connectivity index (χ3n) is 7.30. The largest absolute Gasteiger partial charge is 0.398 e. The lowest BCUT2D eigenvalue weighted by Gasteiger charge is -2.41. The number of nitrogen functional groups attached to an aromatic ring is 2. The number of nitrogens with two attached hydrogens (primary N) is 2. The molecule has 238 valence electrons. The molecular formula is C28H32F12N2. The monoisotopic (exact) mass is 624 g/mol. The van der Waals surface area contributed by atoms with Crippen molar-refractivity contribution in [1.29, 1.82) is 0 Å². The fourth-order valence-electron chi connectivity index (χ4n) is 4.53. The summed E-state index contributed by atoms with van der Waals surface area (Å²) in [5.41, 5.74) is 6.47. The first kappa shape index (κ1) is 35.4. The van der Waals surface area contributed by atoms with Gasteiger partial charge in [-0.3, -0.25) is 0 Å². The fourth-order valence-corrected chi connectivity index (χ4v) is 4.53. The van der Waals surface area contributed by atoms with Gasteiger partial charge in [-0.2, -0.15) is 52.7 Å². The minimum absolute atomic E-state index is 0.158. The van der Waals surface area contributed by atoms with Crippen LogP contribution in [0.15, 0.2) is 24.3 Å². The molecule has 0 bridgehead atoms. The van der Waals surface area contributed by atoms with Crippen molar-refractivity contribution < 1.29 is 52.7 Å². The van der Waals surface area contributed by atoms with Gasteiger partial charge in [0.1, 0.15) is 0 Å². The highest BCUT2D eigenvalue weighted by atomic mass is 19.4. The summed E-state index contributed by atoms with van der Waals surface area (Å²) in [6, 6.07) is 1.04. The molecule has 0 amide bonds. The molecular weight excluding hydrogens is 592 g/mol. The van der Waals surface area contributed by atoms with Crippen molar-refractivity contribution in [2.75, 3.05) is 11.5 Å². The second kappa shape index (κ2) is 11.0. The summed E-state index contributed by atoms with van der Waals surface area (Å²) < 4.78 is 179. The summed E-state index contributed by atoms with van der Waals surface area (Å²) in [6.07, 6.45) is -0.366. The summed E-state index contributed by atoms with van der Waals surface area (Å²) in [7, 11) is 0. The molecule has 0 spiro atoms. The number of hydrogen-bond donors (Lipinski definition) is 2. The molecule has 0 saturated carbocycles. The predicted molar refractivity (Wildman–Crippen MR) is 136 cm³/mol. The van der Waals surface area contributed by atoms with Crippen molar-refractivity contribution in [3.63, 3.8) is 0 Å². The second-order valence-electron chi connectivity index (χ2n) is 10.7. The van der Waals surface area contributed by atoms with Gasteiger partial charge >= 0.3 is 35.5 Å². The van der Waals surface area contributed by atoms with Gasteiger partial charge in [0.2, 0.25) is 0 Å². The standard InChI is InChI=1S/C28H32F12N2/c1-7-15-9-17(11-19(13(3)4)21(15)41)23(29,30)25(33,34)27(37,38)28(39,40)26(35,36)24(31,32)18-10-16(8-2)22(42)20(12-18)14(5)6/h9-14H,7-8,41-42H2,1-6H3. The molecule has 4 N–H and O–H groups in total. The molecule has 0 unspecified atom stereocenters. The second-order valence-corrected chi connectivity index (χ2v) is 10.7. The van der Waals surface area contributed by atoms with Gasteiger partial charge in [-0.1, -0.05) is 41.5 Å². The van der Waals surface area contributed by atoms with Gasteiger partial charge < -0.3 is 11.5 Å². The van der Waals surface area contributed by atoms with Crippen molar-refractivity contribution in [3.8, 4) is 0 Å². The summed E-state index contributed by atoms with van der Waals surface area (Å²) in [5, 5.41) is 0. The van der Waals surface area contributed by atoms with Crippen LogP contribution in [0.1, 0.15) is 86.8 Å². The average molecular weight is 625 g/mol. The molecule has 2 aromatic rings. The van der Waals surface area contributed by atoms with Crippen molar-refractivity contribution in [2.24, 2.45) is 0 Å². The molecule has 42 heavy (non-hydrogen) atoms. The van der Waals surface area contributed by atoms with E-state index in [1.165, 1.54) is 41.5 Å². The maximum absolute atomic E-state index is 15.1. The zero-order valence-electron chi connectivity index (χ0n) is 23.6. The lowest BCUT2D eigenvalue weighted by Crippen LogP contribution is -2.69. The molecule has 0 fully saturated rings. The van der Waals surface area contributed by atoms with E-state index in [4.69, 9.17) is 11.5 Å². The third-order valence-corrected chi connectivity index (χ3v) is 7.30. The Morgan fingerprint density at radius 1 is 0.500 bits per heavy atom. The molecule has 14 heteroatoms. The highest BCUT2D eigenvalue weighted by Crippen LogP contribution is 2.63. The first-order chi connectivity index (χ1) is 18.8. The minimum Gasteiger partial charge on any atom is -0.398 e. The van der Waals surface area contributed by atoms with E-state index in [0.29, 0.717) is 0 Å². The molecule has 2 rings (SSSR count). The van der Waals surface area contributed by atoms with Gasteiger partial charge in [-0.15, -0.1) is 0 Å². The highest BCUT2D eigenvalue weighted by molar-refractivity contribution is 5.59. The number of hydrogen-bond acceptors (Lipinski definition) is 2. The van der Waals surface area contributed by atoms with E-state index in [0.717, 1.165) is 0 Å². The molecule has 0 heterocycles. The molecule has 2 nitrogen and oxygen atoms in total.